The van der Waals surface area contributed by atoms with E-state index in [1.807, 2.05) is 0 Å². The number of nitrogens with one attached hydrogen (secondary N) is 4. The molecule has 2 heterocycles. The Kier molecular flexibility index (Phi) is 6.76. The van der Waals surface area contributed by atoms with Crippen LogP contribution in [0.25, 0.3) is 22.1 Å². The lowest BCUT2D eigenvalue weighted by molar-refractivity contribution is 0.256. The number of anilines is 1. The number of aromatic nitrogens is 4. The third-order valence-electron chi connectivity index (χ3n) is 7.36. The van der Waals surface area contributed by atoms with Gasteiger partial charge in [-0.3, -0.25) is 0 Å². The number of hydrogen-bond acceptors (Lipinski definition) is 7. The first-order valence-electron chi connectivity index (χ1n) is 13.0. The van der Waals surface area contributed by atoms with E-state index in [4.69, 9.17) is 5.14 Å². The van der Waals surface area contributed by atoms with E-state index in [0.717, 1.165) is 55.3 Å². The third kappa shape index (κ3) is 5.40. The molecule has 7 rings (SSSR count). The van der Waals surface area contributed by atoms with Crippen LogP contribution in [-0.2, 0) is 45.7 Å². The fourth-order valence-electron chi connectivity index (χ4n) is 5.46. The van der Waals surface area contributed by atoms with Crippen molar-refractivity contribution in [3.05, 3.63) is 77.4 Å². The Morgan fingerprint density at radius 1 is 0.756 bits per heavy atom. The molecule has 2 aliphatic rings. The molecule has 12 nitrogen and oxygen atoms in total. The number of aromatic amines is 2. The summed E-state index contributed by atoms with van der Waals surface area (Å²) in [5.41, 5.74) is 8.34. The fourth-order valence-corrected chi connectivity index (χ4v) is 6.93. The molecule has 0 radical (unpaired) electrons. The first-order valence-corrected chi connectivity index (χ1v) is 16.0. The summed E-state index contributed by atoms with van der Waals surface area (Å²) in [5, 5.41) is 7.81. The number of fused-ring (bicyclic) bond motifs is 4. The molecular formula is C27H27N7O5S2. The fraction of sp³-hybridized carbons (Fsp3) is 0.222. The highest BCUT2D eigenvalue weighted by molar-refractivity contribution is 7.90. The van der Waals surface area contributed by atoms with Gasteiger partial charge in [0.1, 0.15) is 0 Å². The van der Waals surface area contributed by atoms with Gasteiger partial charge in [-0.2, -0.15) is 0 Å². The maximum absolute atomic E-state index is 12.7. The second kappa shape index (κ2) is 10.3. The number of aryl methyl sites for hydroxylation is 2. The number of carbonyl (C=O) groups is 1. The van der Waals surface area contributed by atoms with Gasteiger partial charge in [0.2, 0.25) is 10.0 Å². The molecule has 0 spiro atoms. The zero-order valence-electron chi connectivity index (χ0n) is 21.8. The summed E-state index contributed by atoms with van der Waals surface area (Å²) >= 11 is 0. The lowest BCUT2D eigenvalue weighted by atomic mass is 9.99. The highest BCUT2D eigenvalue weighted by Crippen LogP contribution is 2.38. The van der Waals surface area contributed by atoms with E-state index in [0.29, 0.717) is 22.1 Å². The van der Waals surface area contributed by atoms with E-state index in [2.05, 4.69) is 36.0 Å². The van der Waals surface area contributed by atoms with Crippen molar-refractivity contribution in [1.29, 1.82) is 0 Å². The predicted molar refractivity (Wildman–Crippen MR) is 153 cm³/mol. The number of sulfonamides is 2. The van der Waals surface area contributed by atoms with Crippen molar-refractivity contribution >= 4 is 53.8 Å². The largest absolute Gasteiger partial charge is 0.345 e. The van der Waals surface area contributed by atoms with Crippen LogP contribution in [0.1, 0.15) is 35.1 Å². The molecule has 14 heteroatoms. The van der Waals surface area contributed by atoms with Gasteiger partial charge in [0.25, 0.3) is 10.0 Å². The van der Waals surface area contributed by atoms with Crippen molar-refractivity contribution in [1.82, 2.24) is 24.7 Å². The van der Waals surface area contributed by atoms with E-state index in [1.54, 1.807) is 12.1 Å². The van der Waals surface area contributed by atoms with Crippen LogP contribution in [0, 0.1) is 0 Å². The van der Waals surface area contributed by atoms with Gasteiger partial charge in [0.15, 0.2) is 0 Å². The van der Waals surface area contributed by atoms with Crippen molar-refractivity contribution in [3.63, 3.8) is 0 Å². The maximum Gasteiger partial charge on any atom is 0.333 e. The second-order valence-corrected chi connectivity index (χ2v) is 13.2. The molecule has 0 saturated heterocycles. The van der Waals surface area contributed by atoms with Crippen molar-refractivity contribution < 1.29 is 21.6 Å². The van der Waals surface area contributed by atoms with E-state index >= 15 is 0 Å². The number of nitrogens with two attached hydrogens (primary N) is 1. The third-order valence-corrected chi connectivity index (χ3v) is 9.60. The van der Waals surface area contributed by atoms with E-state index in [-0.39, 0.29) is 9.79 Å². The highest BCUT2D eigenvalue weighted by atomic mass is 32.2. The van der Waals surface area contributed by atoms with Crippen LogP contribution in [0.5, 0.6) is 0 Å². The summed E-state index contributed by atoms with van der Waals surface area (Å²) in [5.74, 6) is 0. The average molecular weight is 594 g/mol. The van der Waals surface area contributed by atoms with Gasteiger partial charge in [-0.05, 0) is 97.2 Å². The Balaban J connectivity index is 0.000000195. The Hall–Kier alpha value is -4.27. The number of hydrogen-bond donors (Lipinski definition) is 5. The zero-order valence-corrected chi connectivity index (χ0v) is 23.4. The topological polar surface area (TPSA) is 193 Å². The summed E-state index contributed by atoms with van der Waals surface area (Å²) < 4.78 is 49.4. The van der Waals surface area contributed by atoms with Gasteiger partial charge in [-0.15, -0.1) is 0 Å². The molecule has 212 valence electrons. The van der Waals surface area contributed by atoms with Crippen LogP contribution in [0.15, 0.2) is 64.9 Å². The van der Waals surface area contributed by atoms with E-state index < -0.39 is 26.1 Å². The Labute approximate surface area is 235 Å². The molecule has 0 atom stereocenters. The summed E-state index contributed by atoms with van der Waals surface area (Å²) in [6.45, 7) is 0. The summed E-state index contributed by atoms with van der Waals surface area (Å²) in [4.78, 5) is 26.4. The number of amides is 2. The van der Waals surface area contributed by atoms with Crippen LogP contribution >= 0.6 is 0 Å². The maximum atomic E-state index is 12.7. The summed E-state index contributed by atoms with van der Waals surface area (Å²) in [6.07, 6.45) is 9.00. The van der Waals surface area contributed by atoms with Crippen LogP contribution in [0.2, 0.25) is 0 Å². The first kappa shape index (κ1) is 26.9. The van der Waals surface area contributed by atoms with Gasteiger partial charge in [-0.25, -0.2) is 41.5 Å². The van der Waals surface area contributed by atoms with Crippen LogP contribution in [0.3, 0.4) is 0 Å². The predicted octanol–water partition coefficient (Wildman–Crippen LogP) is 3.26. The van der Waals surface area contributed by atoms with E-state index in [9.17, 15) is 21.6 Å². The molecule has 0 unspecified atom stereocenters. The molecule has 2 aliphatic carbocycles. The van der Waals surface area contributed by atoms with Crippen molar-refractivity contribution in [2.45, 2.75) is 48.3 Å². The number of nitrogens with zero attached hydrogens (tertiary/aromatic N) is 2. The molecule has 5 aromatic rings. The molecule has 6 N–H and O–H groups in total. The lowest BCUT2D eigenvalue weighted by Crippen LogP contribution is -2.35. The Bertz CT molecular complexity index is 2000. The number of carbonyl (C=O) groups excluding carboxylic acids is 1. The standard InChI is InChI=1S/C20H20N4O3S.C7H7N3O2S/c25-20(24-28(26,27)14-7-8-17-18(10-14)22-11-21-17)23-19-15-5-1-3-12(15)9-13-4-2-6-16(13)19;8-13(11,12)5-1-2-6-7(3-5)10-4-9-6/h7-11H,1-6H2,(H,21,22)(H2,23,24,25);1-4H,(H,9,10)(H2,8,11,12). The molecule has 0 saturated carbocycles. The molecule has 0 bridgehead atoms. The Morgan fingerprint density at radius 3 is 1.85 bits per heavy atom. The molecule has 0 aliphatic heterocycles. The van der Waals surface area contributed by atoms with Crippen LogP contribution < -0.4 is 15.2 Å². The zero-order chi connectivity index (χ0) is 28.8. The van der Waals surface area contributed by atoms with Gasteiger partial charge in [-0.1, -0.05) is 6.07 Å². The summed E-state index contributed by atoms with van der Waals surface area (Å²) in [7, 11) is -7.61. The molecule has 0 fully saturated rings. The van der Waals surface area contributed by atoms with Gasteiger partial charge in [0, 0.05) is 5.69 Å². The second-order valence-electron chi connectivity index (χ2n) is 10.0. The number of rotatable bonds is 4. The molecular weight excluding hydrogens is 566 g/mol. The minimum atomic E-state index is -3.99. The number of H-pyrrole nitrogens is 2. The molecule has 41 heavy (non-hydrogen) atoms. The number of imidazole rings is 2. The monoisotopic (exact) mass is 593 g/mol. The summed E-state index contributed by atoms with van der Waals surface area (Å²) in [6, 6.07) is 10.5. The quantitative estimate of drug-likeness (QED) is 0.211. The highest BCUT2D eigenvalue weighted by Gasteiger charge is 2.26. The average Bonchev–Trinajstić information content (AvgIpc) is 3.73. The smallest absolute Gasteiger partial charge is 0.333 e. The van der Waals surface area contributed by atoms with E-state index in [1.165, 1.54) is 48.0 Å². The van der Waals surface area contributed by atoms with Gasteiger partial charge in [0.05, 0.1) is 44.5 Å². The number of benzene rings is 3. The minimum absolute atomic E-state index is 0.0166. The van der Waals surface area contributed by atoms with Crippen LogP contribution in [-0.4, -0.2) is 42.8 Å². The van der Waals surface area contributed by atoms with Gasteiger partial charge < -0.3 is 15.3 Å². The van der Waals surface area contributed by atoms with Crippen molar-refractivity contribution in [2.24, 2.45) is 5.14 Å². The van der Waals surface area contributed by atoms with Crippen LogP contribution in [0.4, 0.5) is 10.5 Å². The first-order chi connectivity index (χ1) is 19.6. The molecule has 3 aromatic carbocycles. The number of primary sulfonamides is 1. The van der Waals surface area contributed by atoms with Crippen molar-refractivity contribution in [3.8, 4) is 0 Å². The molecule has 2 amide bonds. The number of urea groups is 1. The molecule has 2 aromatic heterocycles. The van der Waals surface area contributed by atoms with Crippen molar-refractivity contribution in [2.75, 3.05) is 5.32 Å². The minimum Gasteiger partial charge on any atom is -0.345 e. The SMILES string of the molecule is NS(=O)(=O)c1ccc2nc[nH]c2c1.O=C(Nc1c2c(cc3c1CCC3)CCC2)NS(=O)(=O)c1ccc2nc[nH]c2c1. The van der Waals surface area contributed by atoms with Gasteiger partial charge >= 0.3 is 6.03 Å². The Morgan fingerprint density at radius 2 is 1.29 bits per heavy atom. The lowest BCUT2D eigenvalue weighted by Gasteiger charge is -2.16. The normalized spacial score (nSPS) is 14.4.